The highest BCUT2D eigenvalue weighted by Crippen LogP contribution is 2.58. The third-order valence-electron chi connectivity index (χ3n) is 4.49. The molecule has 0 bridgehead atoms. The van der Waals surface area contributed by atoms with Gasteiger partial charge in [0, 0.05) is 5.69 Å². The fraction of sp³-hybridized carbons (Fsp3) is 0.500. The standard InChI is InChI=1S/C16H18F3N3O2/c1-14(9-24-8-12(20)22-14)10-3-2-4-11(7-10)21-13(23)15(5-6-15)16(17,18)19/h2-4,7H,5-6,8-9H2,1H3,(H2,20,22)(H,21,23). The SMILES string of the molecule is CC1(c2cccc(NC(=O)C3(C(F)(F)F)CC3)c2)COCC(N)=N1. The maximum Gasteiger partial charge on any atom is 0.403 e. The third kappa shape index (κ3) is 2.86. The molecule has 1 heterocycles. The second kappa shape index (κ2) is 5.47. The molecular weight excluding hydrogens is 323 g/mol. The van der Waals surface area contributed by atoms with Gasteiger partial charge in [0.05, 0.1) is 6.61 Å². The van der Waals surface area contributed by atoms with E-state index in [1.54, 1.807) is 24.3 Å². The van der Waals surface area contributed by atoms with Crippen molar-refractivity contribution in [1.29, 1.82) is 0 Å². The van der Waals surface area contributed by atoms with Crippen LogP contribution in [0, 0.1) is 5.41 Å². The Labute approximate surface area is 137 Å². The molecule has 1 aliphatic carbocycles. The molecule has 1 unspecified atom stereocenters. The van der Waals surface area contributed by atoms with Gasteiger partial charge in [0.15, 0.2) is 0 Å². The van der Waals surface area contributed by atoms with Crippen molar-refractivity contribution in [3.63, 3.8) is 0 Å². The zero-order valence-corrected chi connectivity index (χ0v) is 13.1. The van der Waals surface area contributed by atoms with Crippen molar-refractivity contribution in [1.82, 2.24) is 0 Å². The van der Waals surface area contributed by atoms with Gasteiger partial charge >= 0.3 is 6.18 Å². The summed E-state index contributed by atoms with van der Waals surface area (Å²) in [6.07, 6.45) is -4.88. The van der Waals surface area contributed by atoms with Crippen LogP contribution in [0.5, 0.6) is 0 Å². The quantitative estimate of drug-likeness (QED) is 0.887. The normalized spacial score (nSPS) is 25.8. The van der Waals surface area contributed by atoms with E-state index in [1.807, 2.05) is 6.92 Å². The summed E-state index contributed by atoms with van der Waals surface area (Å²) in [7, 11) is 0. The predicted molar refractivity (Wildman–Crippen MR) is 82.6 cm³/mol. The van der Waals surface area contributed by atoms with Crippen LogP contribution in [0.15, 0.2) is 29.3 Å². The van der Waals surface area contributed by atoms with E-state index in [9.17, 15) is 18.0 Å². The molecule has 3 rings (SSSR count). The molecule has 1 fully saturated rings. The van der Waals surface area contributed by atoms with Crippen molar-refractivity contribution in [2.75, 3.05) is 18.5 Å². The van der Waals surface area contributed by atoms with Gasteiger partial charge in [0.25, 0.3) is 0 Å². The van der Waals surface area contributed by atoms with Gasteiger partial charge < -0.3 is 15.8 Å². The Morgan fingerprint density at radius 2 is 2.08 bits per heavy atom. The number of anilines is 1. The minimum atomic E-state index is -4.53. The summed E-state index contributed by atoms with van der Waals surface area (Å²) in [6.45, 7) is 2.37. The van der Waals surface area contributed by atoms with Crippen LogP contribution in [-0.4, -0.2) is 31.1 Å². The number of nitrogens with two attached hydrogens (primary N) is 1. The molecule has 8 heteroatoms. The van der Waals surface area contributed by atoms with E-state index >= 15 is 0 Å². The first kappa shape index (κ1) is 16.8. The first-order chi connectivity index (χ1) is 11.2. The average molecular weight is 341 g/mol. The van der Waals surface area contributed by atoms with Crippen LogP contribution in [0.3, 0.4) is 0 Å². The topological polar surface area (TPSA) is 76.7 Å². The fourth-order valence-electron chi connectivity index (χ4n) is 2.83. The van der Waals surface area contributed by atoms with Crippen molar-refractivity contribution in [2.24, 2.45) is 16.1 Å². The number of carbonyl (C=O) groups excluding carboxylic acids is 1. The summed E-state index contributed by atoms with van der Waals surface area (Å²) < 4.78 is 44.4. The number of benzene rings is 1. The summed E-state index contributed by atoms with van der Waals surface area (Å²) in [5.74, 6) is -0.660. The molecule has 1 aliphatic heterocycles. The number of amides is 1. The number of rotatable bonds is 3. The molecule has 130 valence electrons. The smallest absolute Gasteiger partial charge is 0.386 e. The Morgan fingerprint density at radius 3 is 2.67 bits per heavy atom. The van der Waals surface area contributed by atoms with Crippen molar-refractivity contribution >= 4 is 17.4 Å². The van der Waals surface area contributed by atoms with Crippen molar-refractivity contribution in [3.05, 3.63) is 29.8 Å². The Morgan fingerprint density at radius 1 is 1.38 bits per heavy atom. The predicted octanol–water partition coefficient (Wildman–Crippen LogP) is 2.57. The lowest BCUT2D eigenvalue weighted by molar-refractivity contribution is -0.189. The minimum Gasteiger partial charge on any atom is -0.386 e. The number of hydrogen-bond acceptors (Lipinski definition) is 4. The molecule has 0 radical (unpaired) electrons. The number of ether oxygens (including phenoxy) is 1. The number of nitrogens with zero attached hydrogens (tertiary/aromatic N) is 1. The molecule has 0 saturated heterocycles. The number of aliphatic imine (C=N–C) groups is 1. The molecule has 2 aliphatic rings. The Bertz CT molecular complexity index is 698. The summed E-state index contributed by atoms with van der Waals surface area (Å²) in [5.41, 5.74) is 3.74. The summed E-state index contributed by atoms with van der Waals surface area (Å²) in [4.78, 5) is 16.4. The molecule has 1 aromatic carbocycles. The van der Waals surface area contributed by atoms with E-state index in [0.29, 0.717) is 23.7 Å². The van der Waals surface area contributed by atoms with Crippen LogP contribution in [0.1, 0.15) is 25.3 Å². The lowest BCUT2D eigenvalue weighted by atomic mass is 9.92. The number of alkyl halides is 3. The molecule has 1 amide bonds. The highest BCUT2D eigenvalue weighted by atomic mass is 19.4. The van der Waals surface area contributed by atoms with Gasteiger partial charge in [-0.3, -0.25) is 9.79 Å². The maximum atomic E-state index is 13.0. The van der Waals surface area contributed by atoms with Crippen LogP contribution < -0.4 is 11.1 Å². The summed E-state index contributed by atoms with van der Waals surface area (Å²) in [5, 5.41) is 2.38. The van der Waals surface area contributed by atoms with Gasteiger partial charge in [-0.05, 0) is 37.5 Å². The molecule has 3 N–H and O–H groups in total. The lowest BCUT2D eigenvalue weighted by Crippen LogP contribution is -2.38. The van der Waals surface area contributed by atoms with E-state index < -0.39 is 23.0 Å². The summed E-state index contributed by atoms with van der Waals surface area (Å²) >= 11 is 0. The van der Waals surface area contributed by atoms with Crippen LogP contribution in [0.25, 0.3) is 0 Å². The third-order valence-corrected chi connectivity index (χ3v) is 4.49. The number of nitrogens with one attached hydrogen (secondary N) is 1. The Balaban J connectivity index is 1.82. The number of carbonyl (C=O) groups is 1. The van der Waals surface area contributed by atoms with Crippen LogP contribution in [0.2, 0.25) is 0 Å². The molecule has 1 saturated carbocycles. The monoisotopic (exact) mass is 341 g/mol. The van der Waals surface area contributed by atoms with Gasteiger partial charge in [-0.1, -0.05) is 12.1 Å². The van der Waals surface area contributed by atoms with Crippen molar-refractivity contribution in [2.45, 2.75) is 31.5 Å². The number of halogens is 3. The molecular formula is C16H18F3N3O2. The van der Waals surface area contributed by atoms with E-state index in [-0.39, 0.29) is 19.4 Å². The molecule has 0 aromatic heterocycles. The first-order valence-electron chi connectivity index (χ1n) is 7.57. The molecule has 24 heavy (non-hydrogen) atoms. The minimum absolute atomic E-state index is 0.172. The average Bonchev–Trinajstić information content (AvgIpc) is 3.28. The van der Waals surface area contributed by atoms with E-state index in [0.717, 1.165) is 0 Å². The van der Waals surface area contributed by atoms with Gasteiger partial charge in [-0.2, -0.15) is 13.2 Å². The molecule has 1 atom stereocenters. The van der Waals surface area contributed by atoms with E-state index in [4.69, 9.17) is 10.5 Å². The number of amidine groups is 1. The number of hydrogen-bond donors (Lipinski definition) is 2. The van der Waals surface area contributed by atoms with E-state index in [2.05, 4.69) is 10.3 Å². The van der Waals surface area contributed by atoms with E-state index in [1.165, 1.54) is 0 Å². The highest BCUT2D eigenvalue weighted by molar-refractivity contribution is 5.98. The second-order valence-electron chi connectivity index (χ2n) is 6.48. The zero-order valence-electron chi connectivity index (χ0n) is 13.1. The van der Waals surface area contributed by atoms with Crippen molar-refractivity contribution in [3.8, 4) is 0 Å². The second-order valence-corrected chi connectivity index (χ2v) is 6.48. The lowest BCUT2D eigenvalue weighted by Gasteiger charge is -2.30. The van der Waals surface area contributed by atoms with Gasteiger partial charge in [-0.25, -0.2) is 0 Å². The fourth-order valence-corrected chi connectivity index (χ4v) is 2.83. The van der Waals surface area contributed by atoms with Gasteiger partial charge in [-0.15, -0.1) is 0 Å². The van der Waals surface area contributed by atoms with Gasteiger partial charge in [0.1, 0.15) is 23.4 Å². The molecule has 5 nitrogen and oxygen atoms in total. The van der Waals surface area contributed by atoms with Crippen molar-refractivity contribution < 1.29 is 22.7 Å². The molecule has 0 spiro atoms. The maximum absolute atomic E-state index is 13.0. The van der Waals surface area contributed by atoms with Crippen LogP contribution >= 0.6 is 0 Å². The molecule has 1 aromatic rings. The first-order valence-corrected chi connectivity index (χ1v) is 7.57. The highest BCUT2D eigenvalue weighted by Gasteiger charge is 2.68. The van der Waals surface area contributed by atoms with Gasteiger partial charge in [0.2, 0.25) is 5.91 Å². The Hall–Kier alpha value is -2.09. The van der Waals surface area contributed by atoms with Crippen LogP contribution in [-0.2, 0) is 15.1 Å². The Kier molecular flexibility index (Phi) is 3.82. The van der Waals surface area contributed by atoms with Crippen LogP contribution in [0.4, 0.5) is 18.9 Å². The largest absolute Gasteiger partial charge is 0.403 e. The zero-order chi connectivity index (χ0) is 17.6. The summed E-state index contributed by atoms with van der Waals surface area (Å²) in [6, 6.07) is 6.59.